The summed E-state index contributed by atoms with van der Waals surface area (Å²) in [6, 6.07) is 0. The third kappa shape index (κ3) is 29.2. The van der Waals surface area contributed by atoms with Crippen LogP contribution in [0, 0.1) is 0 Å². The Morgan fingerprint density at radius 3 is 1.10 bits per heavy atom. The number of carboxylic acid groups (broad SMARTS) is 1. The molecule has 0 saturated heterocycles. The topological polar surface area (TPSA) is 37.3 Å². The number of allylic oxidation sites excluding steroid dienone is 2. The van der Waals surface area contributed by atoms with Gasteiger partial charge >= 0.3 is 5.97 Å². The van der Waals surface area contributed by atoms with Crippen molar-refractivity contribution >= 4 is 5.97 Å². The van der Waals surface area contributed by atoms with Gasteiger partial charge in [-0.1, -0.05) is 141 Å². The highest BCUT2D eigenvalue weighted by Gasteiger charge is 1.97. The molecule has 0 aliphatic heterocycles. The van der Waals surface area contributed by atoms with Gasteiger partial charge in [0.1, 0.15) is 0 Å². The van der Waals surface area contributed by atoms with Crippen LogP contribution < -0.4 is 0 Å². The number of aliphatic carboxylic acids is 1. The van der Waals surface area contributed by atoms with Gasteiger partial charge in [-0.25, -0.2) is 0 Å². The lowest BCUT2D eigenvalue weighted by Gasteiger charge is -2.03. The molecule has 1 N–H and O–H groups in total. The molecule has 0 saturated carbocycles. The molecule has 0 aromatic carbocycles. The fourth-order valence-corrected chi connectivity index (χ4v) is 4.29. The molecule has 0 fully saturated rings. The van der Waals surface area contributed by atoms with Crippen molar-refractivity contribution < 1.29 is 9.90 Å². The summed E-state index contributed by atoms with van der Waals surface area (Å²) >= 11 is 0. The van der Waals surface area contributed by atoms with Crippen LogP contribution in [0.25, 0.3) is 0 Å². The summed E-state index contributed by atoms with van der Waals surface area (Å²) in [4.78, 5) is 10.4. The van der Waals surface area contributed by atoms with E-state index in [1.54, 1.807) is 0 Å². The van der Waals surface area contributed by atoms with E-state index in [0.717, 1.165) is 12.8 Å². The Bertz CT molecular complexity index is 375. The number of unbranched alkanes of at least 4 members (excludes halogenated alkanes) is 22. The predicted octanol–water partition coefficient (Wildman–Crippen LogP) is 10.4. The van der Waals surface area contributed by atoms with Gasteiger partial charge in [-0.2, -0.15) is 0 Å². The summed E-state index contributed by atoms with van der Waals surface area (Å²) in [7, 11) is 0. The lowest BCUT2D eigenvalue weighted by Crippen LogP contribution is -1.93. The molecule has 0 bridgehead atoms. The van der Waals surface area contributed by atoms with Gasteiger partial charge in [0.15, 0.2) is 0 Å². The maximum absolute atomic E-state index is 10.4. The molecule has 0 atom stereocenters. The number of carboxylic acids is 1. The van der Waals surface area contributed by atoms with Crippen molar-refractivity contribution in [2.24, 2.45) is 0 Å². The Labute approximate surface area is 195 Å². The van der Waals surface area contributed by atoms with Crippen LogP contribution >= 0.6 is 0 Å². The third-order valence-corrected chi connectivity index (χ3v) is 6.40. The van der Waals surface area contributed by atoms with Crippen LogP contribution in [-0.4, -0.2) is 11.1 Å². The molecule has 0 rings (SSSR count). The van der Waals surface area contributed by atoms with Crippen LogP contribution in [0.5, 0.6) is 0 Å². The molecule has 0 heterocycles. The standard InChI is InChI=1S/C29H56O2/c1-2-3-4-5-6-7-8-9-10-11-12-13-14-15-16-17-18-19-20-21-22-23-24-25-26-27-28-29(30)31/h12-13H,2-11,14-28H2,1H3,(H,30,31). The minimum atomic E-state index is -0.652. The Hall–Kier alpha value is -0.790. The van der Waals surface area contributed by atoms with E-state index < -0.39 is 5.97 Å². The number of rotatable bonds is 26. The van der Waals surface area contributed by atoms with Gasteiger partial charge in [0.25, 0.3) is 0 Å². The summed E-state index contributed by atoms with van der Waals surface area (Å²) < 4.78 is 0. The van der Waals surface area contributed by atoms with E-state index in [9.17, 15) is 4.79 Å². The van der Waals surface area contributed by atoms with E-state index in [-0.39, 0.29) is 0 Å². The molecule has 0 spiro atoms. The van der Waals surface area contributed by atoms with Crippen LogP contribution in [0.2, 0.25) is 0 Å². The summed E-state index contributed by atoms with van der Waals surface area (Å²) in [5.74, 6) is -0.652. The lowest BCUT2D eigenvalue weighted by molar-refractivity contribution is -0.137. The Kier molecular flexibility index (Phi) is 26.5. The van der Waals surface area contributed by atoms with Gasteiger partial charge in [0, 0.05) is 6.42 Å². The largest absolute Gasteiger partial charge is 0.481 e. The SMILES string of the molecule is CCCCCCCCCCCC=CCCCCCCCCCCCCCCCC(=O)O. The van der Waals surface area contributed by atoms with E-state index in [4.69, 9.17) is 5.11 Å². The van der Waals surface area contributed by atoms with Crippen molar-refractivity contribution in [3.63, 3.8) is 0 Å². The van der Waals surface area contributed by atoms with Crippen LogP contribution in [0.1, 0.15) is 167 Å². The van der Waals surface area contributed by atoms with Crippen LogP contribution in [0.15, 0.2) is 12.2 Å². The lowest BCUT2D eigenvalue weighted by atomic mass is 10.0. The Balaban J connectivity index is 3.07. The number of hydrogen-bond donors (Lipinski definition) is 1. The van der Waals surface area contributed by atoms with Crippen molar-refractivity contribution in [2.75, 3.05) is 0 Å². The monoisotopic (exact) mass is 436 g/mol. The minimum absolute atomic E-state index is 0.343. The molecule has 0 radical (unpaired) electrons. The molecule has 0 unspecified atom stereocenters. The van der Waals surface area contributed by atoms with Gasteiger partial charge in [-0.15, -0.1) is 0 Å². The Morgan fingerprint density at radius 2 is 0.774 bits per heavy atom. The predicted molar refractivity (Wildman–Crippen MR) is 138 cm³/mol. The fraction of sp³-hybridized carbons (Fsp3) is 0.897. The molecule has 0 amide bonds. The summed E-state index contributed by atoms with van der Waals surface area (Å²) in [6.07, 6.45) is 37.5. The first-order valence-corrected chi connectivity index (χ1v) is 14.1. The molecule has 2 heteroatoms. The maximum Gasteiger partial charge on any atom is 0.303 e. The molecular weight excluding hydrogens is 380 g/mol. The van der Waals surface area contributed by atoms with Crippen LogP contribution in [-0.2, 0) is 4.79 Å². The fourth-order valence-electron chi connectivity index (χ4n) is 4.29. The smallest absolute Gasteiger partial charge is 0.303 e. The van der Waals surface area contributed by atoms with Gasteiger partial charge in [0.2, 0.25) is 0 Å². The zero-order valence-corrected chi connectivity index (χ0v) is 21.2. The zero-order valence-electron chi connectivity index (χ0n) is 21.2. The number of carbonyl (C=O) groups is 1. The molecule has 2 nitrogen and oxygen atoms in total. The first-order chi connectivity index (χ1) is 15.3. The molecular formula is C29H56O2. The first-order valence-electron chi connectivity index (χ1n) is 14.1. The van der Waals surface area contributed by atoms with E-state index in [1.165, 1.54) is 141 Å². The van der Waals surface area contributed by atoms with E-state index in [2.05, 4.69) is 19.1 Å². The second-order valence-electron chi connectivity index (χ2n) is 9.62. The van der Waals surface area contributed by atoms with E-state index in [0.29, 0.717) is 6.42 Å². The highest BCUT2D eigenvalue weighted by Crippen LogP contribution is 2.14. The molecule has 31 heavy (non-hydrogen) atoms. The normalized spacial score (nSPS) is 11.5. The molecule has 0 aromatic heterocycles. The van der Waals surface area contributed by atoms with Gasteiger partial charge in [-0.3, -0.25) is 4.79 Å². The van der Waals surface area contributed by atoms with Crippen LogP contribution in [0.4, 0.5) is 0 Å². The van der Waals surface area contributed by atoms with Crippen LogP contribution in [0.3, 0.4) is 0 Å². The average Bonchev–Trinajstić information content (AvgIpc) is 2.76. The first kappa shape index (κ1) is 30.2. The van der Waals surface area contributed by atoms with E-state index >= 15 is 0 Å². The highest BCUT2D eigenvalue weighted by atomic mass is 16.4. The molecule has 184 valence electrons. The van der Waals surface area contributed by atoms with E-state index in [1.807, 2.05) is 0 Å². The van der Waals surface area contributed by atoms with Crippen molar-refractivity contribution in [3.8, 4) is 0 Å². The van der Waals surface area contributed by atoms with Gasteiger partial charge in [0.05, 0.1) is 0 Å². The zero-order chi connectivity index (χ0) is 22.7. The quantitative estimate of drug-likeness (QED) is 0.108. The van der Waals surface area contributed by atoms with Crippen molar-refractivity contribution in [1.82, 2.24) is 0 Å². The minimum Gasteiger partial charge on any atom is -0.481 e. The molecule has 0 aliphatic carbocycles. The molecule has 0 aliphatic rings. The average molecular weight is 437 g/mol. The summed E-state index contributed by atoms with van der Waals surface area (Å²) in [6.45, 7) is 2.29. The van der Waals surface area contributed by atoms with Crippen molar-refractivity contribution in [2.45, 2.75) is 167 Å². The second kappa shape index (κ2) is 27.2. The highest BCUT2D eigenvalue weighted by molar-refractivity contribution is 5.66. The van der Waals surface area contributed by atoms with Gasteiger partial charge < -0.3 is 5.11 Å². The number of hydrogen-bond acceptors (Lipinski definition) is 1. The maximum atomic E-state index is 10.4. The van der Waals surface area contributed by atoms with Gasteiger partial charge in [-0.05, 0) is 32.1 Å². The summed E-state index contributed by atoms with van der Waals surface area (Å²) in [5, 5.41) is 8.60. The van der Waals surface area contributed by atoms with Crippen molar-refractivity contribution in [3.05, 3.63) is 12.2 Å². The van der Waals surface area contributed by atoms with Crippen molar-refractivity contribution in [1.29, 1.82) is 0 Å². The second-order valence-corrected chi connectivity index (χ2v) is 9.62. The molecule has 0 aromatic rings. The third-order valence-electron chi connectivity index (χ3n) is 6.40. The summed E-state index contributed by atoms with van der Waals surface area (Å²) in [5.41, 5.74) is 0. The Morgan fingerprint density at radius 1 is 0.484 bits per heavy atom.